The average molecular weight is 325 g/mol. The first-order valence-corrected chi connectivity index (χ1v) is 7.60. The highest BCUT2D eigenvalue weighted by molar-refractivity contribution is 7.99. The normalized spacial score (nSPS) is 23.2. The van der Waals surface area contributed by atoms with Gasteiger partial charge in [-0.05, 0) is 12.1 Å². The summed E-state index contributed by atoms with van der Waals surface area (Å²) in [6.45, 7) is 0. The molecule has 6 nitrogen and oxygen atoms in total. The number of nitrogens with zero attached hydrogens (tertiary/aromatic N) is 3. The first kappa shape index (κ1) is 14.2. The van der Waals surface area contributed by atoms with Crippen molar-refractivity contribution in [3.63, 3.8) is 0 Å². The molecule has 110 valence electrons. The van der Waals surface area contributed by atoms with E-state index in [4.69, 9.17) is 11.6 Å². The highest BCUT2D eigenvalue weighted by Crippen LogP contribution is 2.33. The molecule has 2 atom stereocenters. The number of aromatic nitrogens is 2. The fourth-order valence-electron chi connectivity index (χ4n) is 2.18. The van der Waals surface area contributed by atoms with Crippen molar-refractivity contribution in [1.29, 1.82) is 0 Å². The Labute approximate surface area is 130 Å². The van der Waals surface area contributed by atoms with Crippen LogP contribution in [0.1, 0.15) is 0 Å². The molecule has 3 amide bonds. The Balaban J connectivity index is 1.88. The molecule has 1 saturated heterocycles. The summed E-state index contributed by atoms with van der Waals surface area (Å²) in [5.74, 6) is -0.395. The van der Waals surface area contributed by atoms with Gasteiger partial charge in [0.2, 0.25) is 0 Å². The number of amides is 3. The number of carbonyl (C=O) groups excluding carboxylic acids is 2. The zero-order chi connectivity index (χ0) is 15.1. The SMILES string of the molecule is CN1C(=O)C(Cl)C(Sc2nc3ccccc3[nH]2)N(C)C1=O. The number of imidazole rings is 1. The summed E-state index contributed by atoms with van der Waals surface area (Å²) < 4.78 is 0. The van der Waals surface area contributed by atoms with E-state index >= 15 is 0 Å². The van der Waals surface area contributed by atoms with Gasteiger partial charge in [0, 0.05) is 14.1 Å². The number of aromatic amines is 1. The quantitative estimate of drug-likeness (QED) is 0.859. The van der Waals surface area contributed by atoms with Crippen LogP contribution in [0.4, 0.5) is 4.79 Å². The molecule has 2 heterocycles. The molecule has 3 rings (SSSR count). The van der Waals surface area contributed by atoms with Crippen LogP contribution in [-0.2, 0) is 4.79 Å². The number of carbonyl (C=O) groups is 2. The van der Waals surface area contributed by atoms with E-state index in [0.717, 1.165) is 15.9 Å². The van der Waals surface area contributed by atoms with E-state index in [9.17, 15) is 9.59 Å². The Kier molecular flexibility index (Phi) is 3.54. The maximum atomic E-state index is 12.0. The van der Waals surface area contributed by atoms with Crippen molar-refractivity contribution < 1.29 is 9.59 Å². The maximum Gasteiger partial charge on any atom is 0.327 e. The van der Waals surface area contributed by atoms with Crippen molar-refractivity contribution in [2.75, 3.05) is 14.1 Å². The molecule has 1 aliphatic rings. The van der Waals surface area contributed by atoms with E-state index in [2.05, 4.69) is 9.97 Å². The summed E-state index contributed by atoms with van der Waals surface area (Å²) >= 11 is 7.46. The van der Waals surface area contributed by atoms with Crippen LogP contribution in [0, 0.1) is 0 Å². The fraction of sp³-hybridized carbons (Fsp3) is 0.308. The van der Waals surface area contributed by atoms with Crippen molar-refractivity contribution in [2.45, 2.75) is 15.9 Å². The van der Waals surface area contributed by atoms with Gasteiger partial charge in [0.05, 0.1) is 11.0 Å². The molecule has 0 saturated carbocycles. The molecule has 0 aliphatic carbocycles. The third-order valence-electron chi connectivity index (χ3n) is 3.39. The van der Waals surface area contributed by atoms with E-state index < -0.39 is 16.7 Å². The Hall–Kier alpha value is -1.73. The van der Waals surface area contributed by atoms with Gasteiger partial charge >= 0.3 is 6.03 Å². The van der Waals surface area contributed by atoms with Crippen molar-refractivity contribution >= 4 is 46.3 Å². The first-order chi connectivity index (χ1) is 9.99. The summed E-state index contributed by atoms with van der Waals surface area (Å²) in [4.78, 5) is 34.0. The standard InChI is InChI=1S/C13H13ClN4O2S/c1-17-10(19)9(14)11(18(2)13(17)20)21-12-15-7-5-3-4-6-8(7)16-12/h3-6,9,11H,1-2H3,(H,15,16). The number of hydrogen-bond acceptors (Lipinski definition) is 4. The topological polar surface area (TPSA) is 69.3 Å². The molecule has 1 aromatic carbocycles. The van der Waals surface area contributed by atoms with Gasteiger partial charge in [-0.1, -0.05) is 23.9 Å². The monoisotopic (exact) mass is 324 g/mol. The van der Waals surface area contributed by atoms with Crippen LogP contribution in [0.25, 0.3) is 11.0 Å². The number of urea groups is 1. The van der Waals surface area contributed by atoms with Gasteiger partial charge < -0.3 is 9.88 Å². The van der Waals surface area contributed by atoms with Crippen molar-refractivity contribution in [3.8, 4) is 0 Å². The smallest absolute Gasteiger partial charge is 0.327 e. The average Bonchev–Trinajstić information content (AvgIpc) is 2.90. The summed E-state index contributed by atoms with van der Waals surface area (Å²) in [5.41, 5.74) is 1.73. The predicted octanol–water partition coefficient (Wildman–Crippen LogP) is 2.11. The maximum absolute atomic E-state index is 12.0. The summed E-state index contributed by atoms with van der Waals surface area (Å²) in [6, 6.07) is 7.25. The number of hydrogen-bond donors (Lipinski definition) is 1. The van der Waals surface area contributed by atoms with E-state index in [1.807, 2.05) is 24.3 Å². The van der Waals surface area contributed by atoms with E-state index in [1.165, 1.54) is 23.7 Å². The number of nitrogens with one attached hydrogen (secondary N) is 1. The molecule has 1 N–H and O–H groups in total. The summed E-state index contributed by atoms with van der Waals surface area (Å²) in [7, 11) is 3.06. The van der Waals surface area contributed by atoms with Crippen molar-refractivity contribution in [2.24, 2.45) is 0 Å². The van der Waals surface area contributed by atoms with E-state index in [0.29, 0.717) is 5.16 Å². The van der Waals surface area contributed by atoms with Gasteiger partial charge in [0.15, 0.2) is 5.16 Å². The fourth-order valence-corrected chi connectivity index (χ4v) is 3.68. The lowest BCUT2D eigenvalue weighted by molar-refractivity contribution is -0.129. The first-order valence-electron chi connectivity index (χ1n) is 6.29. The zero-order valence-electron chi connectivity index (χ0n) is 11.4. The Morgan fingerprint density at radius 1 is 1.29 bits per heavy atom. The Bertz CT molecular complexity index is 664. The van der Waals surface area contributed by atoms with Crippen LogP contribution in [-0.4, -0.2) is 56.6 Å². The minimum atomic E-state index is -0.809. The lowest BCUT2D eigenvalue weighted by atomic mass is 10.3. The number of rotatable bonds is 2. The number of alkyl halides is 1. The Morgan fingerprint density at radius 3 is 2.71 bits per heavy atom. The van der Waals surface area contributed by atoms with Gasteiger partial charge in [-0.15, -0.1) is 11.6 Å². The molecule has 8 heteroatoms. The summed E-state index contributed by atoms with van der Waals surface area (Å²) in [6.07, 6.45) is 0. The van der Waals surface area contributed by atoms with Crippen LogP contribution < -0.4 is 0 Å². The number of H-pyrrole nitrogens is 1. The van der Waals surface area contributed by atoms with Crippen LogP contribution in [0.2, 0.25) is 0 Å². The lowest BCUT2D eigenvalue weighted by Crippen LogP contribution is -2.58. The molecular weight excluding hydrogens is 312 g/mol. The number of imide groups is 1. The highest BCUT2D eigenvalue weighted by Gasteiger charge is 2.43. The molecule has 0 bridgehead atoms. The van der Waals surface area contributed by atoms with Gasteiger partial charge in [-0.25, -0.2) is 9.78 Å². The molecular formula is C13H13ClN4O2S. The van der Waals surface area contributed by atoms with Crippen LogP contribution >= 0.6 is 23.4 Å². The predicted molar refractivity (Wildman–Crippen MR) is 81.3 cm³/mol. The third kappa shape index (κ3) is 2.36. The molecule has 0 radical (unpaired) electrons. The van der Waals surface area contributed by atoms with Crippen LogP contribution in [0.5, 0.6) is 0 Å². The molecule has 1 aliphatic heterocycles. The molecule has 1 fully saturated rings. The van der Waals surface area contributed by atoms with Crippen LogP contribution in [0.15, 0.2) is 29.4 Å². The second-order valence-corrected chi connectivity index (χ2v) is 6.34. The van der Waals surface area contributed by atoms with Gasteiger partial charge in [-0.3, -0.25) is 9.69 Å². The molecule has 21 heavy (non-hydrogen) atoms. The summed E-state index contributed by atoms with van der Waals surface area (Å²) in [5, 5.41) is -0.678. The highest BCUT2D eigenvalue weighted by atomic mass is 35.5. The lowest BCUT2D eigenvalue weighted by Gasteiger charge is -2.38. The molecule has 2 aromatic rings. The Morgan fingerprint density at radius 2 is 2.00 bits per heavy atom. The van der Waals surface area contributed by atoms with Gasteiger partial charge in [-0.2, -0.15) is 0 Å². The second kappa shape index (κ2) is 5.23. The number of benzene rings is 1. The van der Waals surface area contributed by atoms with Gasteiger partial charge in [0.25, 0.3) is 5.91 Å². The van der Waals surface area contributed by atoms with E-state index in [1.54, 1.807) is 7.05 Å². The van der Waals surface area contributed by atoms with E-state index in [-0.39, 0.29) is 6.03 Å². The largest absolute Gasteiger partial charge is 0.333 e. The molecule has 2 unspecified atom stereocenters. The number of halogens is 1. The van der Waals surface area contributed by atoms with Crippen molar-refractivity contribution in [3.05, 3.63) is 24.3 Å². The molecule has 1 aromatic heterocycles. The van der Waals surface area contributed by atoms with Crippen LogP contribution in [0.3, 0.4) is 0 Å². The molecule has 0 spiro atoms. The minimum Gasteiger partial charge on any atom is -0.333 e. The zero-order valence-corrected chi connectivity index (χ0v) is 13.0. The second-order valence-electron chi connectivity index (χ2n) is 4.76. The minimum absolute atomic E-state index is 0.370. The number of fused-ring (bicyclic) bond motifs is 1. The van der Waals surface area contributed by atoms with Crippen molar-refractivity contribution in [1.82, 2.24) is 19.8 Å². The van der Waals surface area contributed by atoms with Gasteiger partial charge in [0.1, 0.15) is 10.8 Å². The number of para-hydroxylation sites is 2. The third-order valence-corrected chi connectivity index (χ3v) is 5.21. The number of thioether (sulfide) groups is 1.